The lowest BCUT2D eigenvalue weighted by Gasteiger charge is -2.12. The summed E-state index contributed by atoms with van der Waals surface area (Å²) < 4.78 is 0. The van der Waals surface area contributed by atoms with Gasteiger partial charge in [-0.05, 0) is 30.7 Å². The molecule has 4 nitrogen and oxygen atoms in total. The number of β-amino-alcohol motifs (C(OH)–C–C–N with tert-alkyl or cyclic N) is 1. The molecule has 5 heteroatoms. The molecule has 0 bridgehead atoms. The van der Waals surface area contributed by atoms with Gasteiger partial charge in [-0.15, -0.1) is 0 Å². The molecule has 1 aromatic carbocycles. The van der Waals surface area contributed by atoms with Gasteiger partial charge in [-0.3, -0.25) is 4.90 Å². The number of aliphatic hydroxyl groups is 1. The van der Waals surface area contributed by atoms with Crippen LogP contribution in [0.2, 0.25) is 5.02 Å². The highest BCUT2D eigenvalue weighted by Gasteiger charge is 2.20. The smallest absolute Gasteiger partial charge is 0.137 e. The quantitative estimate of drug-likeness (QED) is 0.905. The Labute approximate surface area is 117 Å². The van der Waals surface area contributed by atoms with E-state index in [-0.39, 0.29) is 6.10 Å². The van der Waals surface area contributed by atoms with Gasteiger partial charge in [-0.1, -0.05) is 11.6 Å². The Morgan fingerprint density at radius 3 is 2.84 bits per heavy atom. The van der Waals surface area contributed by atoms with Crippen LogP contribution in [0.15, 0.2) is 30.5 Å². The molecule has 1 atom stereocenters. The summed E-state index contributed by atoms with van der Waals surface area (Å²) in [6, 6.07) is 7.61. The maximum atomic E-state index is 9.51. The highest BCUT2D eigenvalue weighted by molar-refractivity contribution is 6.30. The van der Waals surface area contributed by atoms with Crippen molar-refractivity contribution >= 4 is 11.6 Å². The number of nitrogens with zero attached hydrogens (tertiary/aromatic N) is 2. The topological polar surface area (TPSA) is 52.1 Å². The molecular formula is C14H16ClN3O. The van der Waals surface area contributed by atoms with Crippen LogP contribution >= 0.6 is 11.6 Å². The van der Waals surface area contributed by atoms with Crippen molar-refractivity contribution in [3.63, 3.8) is 0 Å². The van der Waals surface area contributed by atoms with Crippen molar-refractivity contribution in [3.05, 3.63) is 41.2 Å². The van der Waals surface area contributed by atoms with Crippen molar-refractivity contribution in [3.8, 4) is 11.4 Å². The first-order chi connectivity index (χ1) is 9.20. The van der Waals surface area contributed by atoms with Crippen LogP contribution in [-0.2, 0) is 6.54 Å². The van der Waals surface area contributed by atoms with Crippen molar-refractivity contribution < 1.29 is 5.11 Å². The van der Waals surface area contributed by atoms with E-state index in [4.69, 9.17) is 11.6 Å². The summed E-state index contributed by atoms with van der Waals surface area (Å²) in [5.74, 6) is 0.853. The second-order valence-corrected chi connectivity index (χ2v) is 5.38. The van der Waals surface area contributed by atoms with Gasteiger partial charge in [0.1, 0.15) is 5.82 Å². The lowest BCUT2D eigenvalue weighted by Crippen LogP contribution is -2.21. The van der Waals surface area contributed by atoms with Gasteiger partial charge in [-0.2, -0.15) is 0 Å². The van der Waals surface area contributed by atoms with E-state index in [1.807, 2.05) is 30.5 Å². The third kappa shape index (κ3) is 2.97. The number of aliphatic hydroxyl groups excluding tert-OH is 1. The lowest BCUT2D eigenvalue weighted by molar-refractivity contribution is 0.174. The predicted octanol–water partition coefficient (Wildman–Crippen LogP) is 2.30. The normalized spacial score (nSPS) is 20.0. The molecule has 0 spiro atoms. The number of hydrogen-bond donors (Lipinski definition) is 2. The average Bonchev–Trinajstić information content (AvgIpc) is 3.00. The zero-order valence-corrected chi connectivity index (χ0v) is 11.3. The number of hydrogen-bond acceptors (Lipinski definition) is 3. The van der Waals surface area contributed by atoms with Crippen LogP contribution in [0, 0.1) is 0 Å². The minimum atomic E-state index is -0.182. The van der Waals surface area contributed by atoms with Crippen LogP contribution in [0.25, 0.3) is 11.4 Å². The second-order valence-electron chi connectivity index (χ2n) is 4.94. The minimum absolute atomic E-state index is 0.182. The van der Waals surface area contributed by atoms with Gasteiger partial charge in [0.2, 0.25) is 0 Å². The van der Waals surface area contributed by atoms with Crippen LogP contribution in [-0.4, -0.2) is 39.2 Å². The number of halogens is 1. The molecule has 1 aliphatic rings. The molecule has 0 radical (unpaired) electrons. The Balaban J connectivity index is 1.71. The van der Waals surface area contributed by atoms with Crippen LogP contribution < -0.4 is 0 Å². The maximum absolute atomic E-state index is 9.51. The molecule has 1 saturated heterocycles. The van der Waals surface area contributed by atoms with Gasteiger partial charge >= 0.3 is 0 Å². The fourth-order valence-electron chi connectivity index (χ4n) is 2.39. The Bertz CT molecular complexity index is 552. The van der Waals surface area contributed by atoms with E-state index in [9.17, 15) is 5.11 Å². The van der Waals surface area contributed by atoms with Crippen molar-refractivity contribution in [2.24, 2.45) is 0 Å². The van der Waals surface area contributed by atoms with Gasteiger partial charge in [0.05, 0.1) is 6.10 Å². The first-order valence-electron chi connectivity index (χ1n) is 6.41. The summed E-state index contributed by atoms with van der Waals surface area (Å²) in [5, 5.41) is 10.2. The molecule has 3 rings (SSSR count). The minimum Gasteiger partial charge on any atom is -0.392 e. The third-order valence-electron chi connectivity index (χ3n) is 3.39. The third-order valence-corrected chi connectivity index (χ3v) is 3.64. The van der Waals surface area contributed by atoms with E-state index in [0.717, 1.165) is 48.2 Å². The number of aromatic nitrogens is 2. The number of benzene rings is 1. The zero-order valence-electron chi connectivity index (χ0n) is 10.5. The number of H-pyrrole nitrogens is 1. The predicted molar refractivity (Wildman–Crippen MR) is 74.9 cm³/mol. The molecule has 19 heavy (non-hydrogen) atoms. The van der Waals surface area contributed by atoms with Crippen LogP contribution in [0.5, 0.6) is 0 Å². The van der Waals surface area contributed by atoms with E-state index in [0.29, 0.717) is 0 Å². The average molecular weight is 278 g/mol. The molecule has 1 aliphatic heterocycles. The van der Waals surface area contributed by atoms with Crippen molar-refractivity contribution in [1.29, 1.82) is 0 Å². The van der Waals surface area contributed by atoms with E-state index in [2.05, 4.69) is 14.9 Å². The molecule has 1 aromatic heterocycles. The summed E-state index contributed by atoms with van der Waals surface area (Å²) >= 11 is 5.87. The highest BCUT2D eigenvalue weighted by atomic mass is 35.5. The van der Waals surface area contributed by atoms with Crippen molar-refractivity contribution in [2.45, 2.75) is 19.1 Å². The summed E-state index contributed by atoms with van der Waals surface area (Å²) in [7, 11) is 0. The number of nitrogens with one attached hydrogen (secondary N) is 1. The number of rotatable bonds is 3. The highest BCUT2D eigenvalue weighted by Crippen LogP contribution is 2.19. The van der Waals surface area contributed by atoms with E-state index in [1.54, 1.807) is 0 Å². The Kier molecular flexibility index (Phi) is 3.55. The molecule has 1 fully saturated rings. The number of likely N-dealkylation sites (tertiary alicyclic amines) is 1. The molecule has 0 amide bonds. The monoisotopic (exact) mass is 277 g/mol. The molecule has 2 aromatic rings. The van der Waals surface area contributed by atoms with Gasteiger partial charge < -0.3 is 10.1 Å². The molecular weight excluding hydrogens is 262 g/mol. The van der Waals surface area contributed by atoms with Crippen LogP contribution in [0.4, 0.5) is 0 Å². The largest absolute Gasteiger partial charge is 0.392 e. The summed E-state index contributed by atoms with van der Waals surface area (Å²) in [6.07, 6.45) is 2.53. The van der Waals surface area contributed by atoms with Crippen LogP contribution in [0.1, 0.15) is 12.1 Å². The molecule has 2 N–H and O–H groups in total. The van der Waals surface area contributed by atoms with E-state index >= 15 is 0 Å². The summed E-state index contributed by atoms with van der Waals surface area (Å²) in [5.41, 5.74) is 2.09. The SMILES string of the molecule is O[C@H]1CCN(Cc2cnc(-c3ccc(Cl)cc3)[nH]2)C1. The Morgan fingerprint density at radius 1 is 1.37 bits per heavy atom. The lowest BCUT2D eigenvalue weighted by atomic mass is 10.2. The van der Waals surface area contributed by atoms with Gasteiger partial charge in [0, 0.05) is 42.1 Å². The van der Waals surface area contributed by atoms with Gasteiger partial charge in [0.25, 0.3) is 0 Å². The first kappa shape index (κ1) is 12.7. The zero-order chi connectivity index (χ0) is 13.2. The summed E-state index contributed by atoms with van der Waals surface area (Å²) in [6.45, 7) is 2.49. The number of imidazole rings is 1. The second kappa shape index (κ2) is 5.33. The molecule has 100 valence electrons. The first-order valence-corrected chi connectivity index (χ1v) is 6.79. The maximum Gasteiger partial charge on any atom is 0.137 e. The molecule has 0 unspecified atom stereocenters. The Hall–Kier alpha value is -1.36. The van der Waals surface area contributed by atoms with E-state index in [1.165, 1.54) is 0 Å². The molecule has 0 saturated carbocycles. The standard InChI is InChI=1S/C14H16ClN3O/c15-11-3-1-10(2-4-11)14-16-7-12(17-14)8-18-6-5-13(19)9-18/h1-4,7,13,19H,5-6,8-9H2,(H,16,17)/t13-/m0/s1. The fraction of sp³-hybridized carbons (Fsp3) is 0.357. The van der Waals surface area contributed by atoms with Crippen molar-refractivity contribution in [1.82, 2.24) is 14.9 Å². The number of aromatic amines is 1. The van der Waals surface area contributed by atoms with Crippen molar-refractivity contribution in [2.75, 3.05) is 13.1 Å². The summed E-state index contributed by atoms with van der Waals surface area (Å²) in [4.78, 5) is 9.93. The molecule has 2 heterocycles. The van der Waals surface area contributed by atoms with Gasteiger partial charge in [-0.25, -0.2) is 4.98 Å². The molecule has 0 aliphatic carbocycles. The fourth-order valence-corrected chi connectivity index (χ4v) is 2.52. The van der Waals surface area contributed by atoms with E-state index < -0.39 is 0 Å². The van der Waals surface area contributed by atoms with Crippen LogP contribution in [0.3, 0.4) is 0 Å². The van der Waals surface area contributed by atoms with Gasteiger partial charge in [0.15, 0.2) is 0 Å². The Morgan fingerprint density at radius 2 is 2.16 bits per heavy atom.